The van der Waals surface area contributed by atoms with Crippen LogP contribution in [-0.2, 0) is 4.74 Å². The van der Waals surface area contributed by atoms with E-state index >= 15 is 0 Å². The van der Waals surface area contributed by atoms with E-state index in [1.54, 1.807) is 0 Å². The molecule has 1 amide bonds. The summed E-state index contributed by atoms with van der Waals surface area (Å²) in [5, 5.41) is 6.80. The molecule has 4 heteroatoms. The van der Waals surface area contributed by atoms with Crippen LogP contribution in [0.25, 0.3) is 0 Å². The smallest absolute Gasteiger partial charge is 0.407 e. The summed E-state index contributed by atoms with van der Waals surface area (Å²) < 4.78 is 5.31. The van der Waals surface area contributed by atoms with Gasteiger partial charge in [-0.15, -0.1) is 0 Å². The first kappa shape index (κ1) is 16.6. The van der Waals surface area contributed by atoms with Crippen molar-refractivity contribution >= 4 is 6.09 Å². The van der Waals surface area contributed by atoms with E-state index in [-0.39, 0.29) is 6.09 Å². The number of carbonyl (C=O) groups is 1. The van der Waals surface area contributed by atoms with Gasteiger partial charge in [0.15, 0.2) is 0 Å². The molecule has 2 fully saturated rings. The molecular formula is C17H32N2O2. The van der Waals surface area contributed by atoms with E-state index in [1.807, 2.05) is 20.8 Å². The minimum Gasteiger partial charge on any atom is -0.444 e. The molecule has 0 saturated heterocycles. The lowest BCUT2D eigenvalue weighted by molar-refractivity contribution is 0.0517. The zero-order valence-electron chi connectivity index (χ0n) is 14.1. The lowest BCUT2D eigenvalue weighted by atomic mass is 9.99. The highest BCUT2D eigenvalue weighted by Gasteiger charge is 2.32. The monoisotopic (exact) mass is 296 g/mol. The summed E-state index contributed by atoms with van der Waals surface area (Å²) in [6, 6.07) is 1.24. The van der Waals surface area contributed by atoms with E-state index in [0.29, 0.717) is 18.0 Å². The average Bonchev–Trinajstić information content (AvgIpc) is 2.95. The van der Waals surface area contributed by atoms with Gasteiger partial charge in [0.1, 0.15) is 5.60 Å². The molecule has 0 spiro atoms. The molecule has 2 saturated carbocycles. The van der Waals surface area contributed by atoms with Gasteiger partial charge in [0.25, 0.3) is 0 Å². The van der Waals surface area contributed by atoms with Crippen LogP contribution in [0.15, 0.2) is 0 Å². The Bertz CT molecular complexity index is 351. The third kappa shape index (κ3) is 5.17. The van der Waals surface area contributed by atoms with Gasteiger partial charge in [-0.25, -0.2) is 4.79 Å². The maximum Gasteiger partial charge on any atom is 0.407 e. The van der Waals surface area contributed by atoms with Crippen LogP contribution in [0.4, 0.5) is 4.79 Å². The number of carbonyl (C=O) groups excluding carboxylic acids is 1. The molecule has 0 radical (unpaired) electrons. The van der Waals surface area contributed by atoms with Crippen molar-refractivity contribution in [3.8, 4) is 0 Å². The van der Waals surface area contributed by atoms with Gasteiger partial charge < -0.3 is 15.4 Å². The molecule has 0 aromatic rings. The van der Waals surface area contributed by atoms with Crippen molar-refractivity contribution in [1.29, 1.82) is 0 Å². The highest BCUT2D eigenvalue weighted by Crippen LogP contribution is 2.30. The average molecular weight is 296 g/mol. The molecule has 0 heterocycles. The van der Waals surface area contributed by atoms with Crippen molar-refractivity contribution in [3.05, 3.63) is 0 Å². The third-order valence-corrected chi connectivity index (χ3v) is 4.86. The number of ether oxygens (including phenoxy) is 1. The van der Waals surface area contributed by atoms with Crippen LogP contribution >= 0.6 is 0 Å². The van der Waals surface area contributed by atoms with Crippen LogP contribution in [0.2, 0.25) is 0 Å². The van der Waals surface area contributed by atoms with Crippen LogP contribution in [0.3, 0.4) is 0 Å². The Hall–Kier alpha value is -0.770. The molecule has 0 aromatic heterocycles. The predicted molar refractivity (Wildman–Crippen MR) is 85.3 cm³/mol. The van der Waals surface area contributed by atoms with Crippen molar-refractivity contribution in [2.45, 2.75) is 83.9 Å². The molecule has 2 rings (SSSR count). The minimum absolute atomic E-state index is 0.289. The second kappa shape index (κ2) is 6.99. The zero-order valence-corrected chi connectivity index (χ0v) is 14.1. The second-order valence-corrected chi connectivity index (χ2v) is 7.86. The maximum absolute atomic E-state index is 11.8. The topological polar surface area (TPSA) is 50.4 Å². The Labute approximate surface area is 129 Å². The first-order valence-electron chi connectivity index (χ1n) is 8.58. The molecule has 0 bridgehead atoms. The number of alkyl carbamates (subject to hydrolysis) is 1. The second-order valence-electron chi connectivity index (χ2n) is 7.86. The van der Waals surface area contributed by atoms with E-state index in [1.165, 1.54) is 38.5 Å². The molecule has 0 aromatic carbocycles. The number of hydrogen-bond acceptors (Lipinski definition) is 3. The van der Waals surface area contributed by atoms with Gasteiger partial charge in [-0.2, -0.15) is 0 Å². The van der Waals surface area contributed by atoms with E-state index < -0.39 is 5.60 Å². The number of hydrogen-bond donors (Lipinski definition) is 2. The largest absolute Gasteiger partial charge is 0.444 e. The van der Waals surface area contributed by atoms with Gasteiger partial charge in [-0.05, 0) is 58.3 Å². The Kier molecular flexibility index (Phi) is 5.53. The molecule has 2 aliphatic carbocycles. The SMILES string of the molecule is CC1CCCC1NC1CCCC1CNC(=O)OC(C)(C)C. The van der Waals surface area contributed by atoms with Crippen molar-refractivity contribution in [1.82, 2.24) is 10.6 Å². The summed E-state index contributed by atoms with van der Waals surface area (Å²) in [5.41, 5.74) is -0.420. The standard InChI is InChI=1S/C17H32N2O2/c1-12-7-5-9-14(12)19-15-10-6-8-13(15)11-18-16(20)21-17(2,3)4/h12-15,19H,5-11H2,1-4H3,(H,18,20). The van der Waals surface area contributed by atoms with Crippen molar-refractivity contribution in [2.24, 2.45) is 11.8 Å². The van der Waals surface area contributed by atoms with Crippen LogP contribution in [-0.4, -0.2) is 30.3 Å². The maximum atomic E-state index is 11.8. The van der Waals surface area contributed by atoms with E-state index in [0.717, 1.165) is 12.5 Å². The van der Waals surface area contributed by atoms with Gasteiger partial charge in [0, 0.05) is 18.6 Å². The van der Waals surface area contributed by atoms with Crippen molar-refractivity contribution < 1.29 is 9.53 Å². The minimum atomic E-state index is -0.420. The Morgan fingerprint density at radius 1 is 1.10 bits per heavy atom. The third-order valence-electron chi connectivity index (χ3n) is 4.86. The normalized spacial score (nSPS) is 33.1. The summed E-state index contributed by atoms with van der Waals surface area (Å²) in [4.78, 5) is 11.8. The summed E-state index contributed by atoms with van der Waals surface area (Å²) in [5.74, 6) is 1.34. The van der Waals surface area contributed by atoms with E-state index in [9.17, 15) is 4.79 Å². The molecule has 2 N–H and O–H groups in total. The molecule has 4 unspecified atom stereocenters. The number of amides is 1. The zero-order chi connectivity index (χ0) is 15.5. The molecule has 0 aliphatic heterocycles. The quantitative estimate of drug-likeness (QED) is 0.835. The highest BCUT2D eigenvalue weighted by molar-refractivity contribution is 5.67. The summed E-state index contributed by atoms with van der Waals surface area (Å²) in [6.45, 7) is 8.78. The van der Waals surface area contributed by atoms with Crippen LogP contribution < -0.4 is 10.6 Å². The van der Waals surface area contributed by atoms with Crippen LogP contribution in [0, 0.1) is 11.8 Å². The lowest BCUT2D eigenvalue weighted by Crippen LogP contribution is -2.45. The Balaban J connectivity index is 1.75. The fourth-order valence-electron chi connectivity index (χ4n) is 3.70. The molecule has 4 atom stereocenters. The predicted octanol–water partition coefficient (Wildman–Crippen LogP) is 3.46. The first-order chi connectivity index (χ1) is 9.85. The number of rotatable bonds is 4. The summed E-state index contributed by atoms with van der Waals surface area (Å²) in [7, 11) is 0. The molecule has 2 aliphatic rings. The van der Waals surface area contributed by atoms with Gasteiger partial charge in [-0.3, -0.25) is 0 Å². The molecule has 21 heavy (non-hydrogen) atoms. The van der Waals surface area contributed by atoms with Crippen LogP contribution in [0.1, 0.15) is 66.2 Å². The molecular weight excluding hydrogens is 264 g/mol. The summed E-state index contributed by atoms with van der Waals surface area (Å²) >= 11 is 0. The van der Waals surface area contributed by atoms with Gasteiger partial charge >= 0.3 is 6.09 Å². The Morgan fingerprint density at radius 3 is 2.38 bits per heavy atom. The van der Waals surface area contributed by atoms with Gasteiger partial charge in [0.2, 0.25) is 0 Å². The van der Waals surface area contributed by atoms with E-state index in [2.05, 4.69) is 17.6 Å². The fraction of sp³-hybridized carbons (Fsp3) is 0.941. The first-order valence-corrected chi connectivity index (χ1v) is 8.58. The van der Waals surface area contributed by atoms with Gasteiger partial charge in [0.05, 0.1) is 0 Å². The van der Waals surface area contributed by atoms with E-state index in [4.69, 9.17) is 4.74 Å². The number of nitrogens with one attached hydrogen (secondary N) is 2. The molecule has 122 valence electrons. The highest BCUT2D eigenvalue weighted by atomic mass is 16.6. The Morgan fingerprint density at radius 2 is 1.76 bits per heavy atom. The van der Waals surface area contributed by atoms with Gasteiger partial charge in [-0.1, -0.05) is 19.8 Å². The van der Waals surface area contributed by atoms with Crippen molar-refractivity contribution in [2.75, 3.05) is 6.54 Å². The fourth-order valence-corrected chi connectivity index (χ4v) is 3.70. The lowest BCUT2D eigenvalue weighted by Gasteiger charge is -2.28. The van der Waals surface area contributed by atoms with Crippen LogP contribution in [0.5, 0.6) is 0 Å². The molecule has 4 nitrogen and oxygen atoms in total. The summed E-state index contributed by atoms with van der Waals surface area (Å²) in [6.07, 6.45) is 7.43. The van der Waals surface area contributed by atoms with Crippen molar-refractivity contribution in [3.63, 3.8) is 0 Å².